The van der Waals surface area contributed by atoms with Crippen LogP contribution in [0.1, 0.15) is 50.5 Å². The van der Waals surface area contributed by atoms with Gasteiger partial charge in [0.25, 0.3) is 0 Å². The Kier molecular flexibility index (Phi) is 5.94. The van der Waals surface area contributed by atoms with Crippen molar-refractivity contribution in [3.8, 4) is 6.07 Å². The van der Waals surface area contributed by atoms with Gasteiger partial charge in [0.05, 0.1) is 11.2 Å². The highest BCUT2D eigenvalue weighted by molar-refractivity contribution is 5.74. The van der Waals surface area contributed by atoms with Crippen molar-refractivity contribution in [1.29, 1.82) is 5.26 Å². The number of carbonyl (C=O) groups excluding carboxylic acids is 1. The van der Waals surface area contributed by atoms with Crippen LogP contribution in [0.5, 0.6) is 0 Å². The second kappa shape index (κ2) is 8.37. The van der Waals surface area contributed by atoms with Crippen LogP contribution in [0, 0.1) is 11.3 Å². The molecule has 0 radical (unpaired) electrons. The van der Waals surface area contributed by atoms with E-state index in [-0.39, 0.29) is 12.1 Å². The predicted molar refractivity (Wildman–Crippen MR) is 98.8 cm³/mol. The first-order valence-electron chi connectivity index (χ1n) is 9.46. The minimum atomic E-state index is -0.736. The number of nitrogens with one attached hydrogen (secondary N) is 2. The quantitative estimate of drug-likeness (QED) is 0.764. The van der Waals surface area contributed by atoms with Crippen LogP contribution in [0.15, 0.2) is 18.3 Å². The number of aliphatic hydroxyl groups is 1. The molecule has 0 spiro atoms. The predicted octanol–water partition coefficient (Wildman–Crippen LogP) is 1.92. The zero-order valence-corrected chi connectivity index (χ0v) is 15.1. The van der Waals surface area contributed by atoms with Gasteiger partial charge in [0, 0.05) is 31.9 Å². The average Bonchev–Trinajstić information content (AvgIpc) is 2.68. The standard InChI is InChI=1S/C19H27N5O2/c20-12-15-4-5-17(21-13-15)24-10-6-16(7-11-24)23-18(25)22-14-19(26)8-2-1-3-9-19/h4-5,13,16,26H,1-3,6-11,14H2,(H2,22,23,25). The van der Waals surface area contributed by atoms with Crippen molar-refractivity contribution in [2.75, 3.05) is 24.5 Å². The molecule has 1 saturated carbocycles. The highest BCUT2D eigenvalue weighted by Gasteiger charge is 2.30. The fourth-order valence-corrected chi connectivity index (χ4v) is 3.76. The molecule has 2 heterocycles. The van der Waals surface area contributed by atoms with Gasteiger partial charge in [0.1, 0.15) is 11.9 Å². The van der Waals surface area contributed by atoms with Gasteiger partial charge in [-0.05, 0) is 37.8 Å². The van der Waals surface area contributed by atoms with Crippen LogP contribution in [-0.4, -0.2) is 47.4 Å². The van der Waals surface area contributed by atoms with E-state index in [1.807, 2.05) is 6.07 Å². The number of anilines is 1. The maximum atomic E-state index is 12.1. The molecule has 1 aromatic rings. The van der Waals surface area contributed by atoms with Crippen LogP contribution in [0.3, 0.4) is 0 Å². The second-order valence-electron chi connectivity index (χ2n) is 7.39. The van der Waals surface area contributed by atoms with Gasteiger partial charge in [-0.3, -0.25) is 0 Å². The lowest BCUT2D eigenvalue weighted by Crippen LogP contribution is -2.51. The molecule has 7 heteroatoms. The van der Waals surface area contributed by atoms with E-state index in [4.69, 9.17) is 5.26 Å². The Labute approximate surface area is 154 Å². The van der Waals surface area contributed by atoms with Gasteiger partial charge in [-0.2, -0.15) is 5.26 Å². The first kappa shape index (κ1) is 18.5. The monoisotopic (exact) mass is 357 g/mol. The lowest BCUT2D eigenvalue weighted by atomic mass is 9.85. The zero-order valence-electron chi connectivity index (χ0n) is 15.1. The zero-order chi connectivity index (χ0) is 18.4. The molecule has 3 N–H and O–H groups in total. The van der Waals surface area contributed by atoms with E-state index in [0.717, 1.165) is 57.4 Å². The van der Waals surface area contributed by atoms with Gasteiger partial charge in [-0.1, -0.05) is 19.3 Å². The molecular formula is C19H27N5O2. The van der Waals surface area contributed by atoms with Gasteiger partial charge in [0.15, 0.2) is 0 Å². The lowest BCUT2D eigenvalue weighted by Gasteiger charge is -2.34. The summed E-state index contributed by atoms with van der Waals surface area (Å²) < 4.78 is 0. The lowest BCUT2D eigenvalue weighted by molar-refractivity contribution is 0.00710. The van der Waals surface area contributed by atoms with E-state index in [9.17, 15) is 9.90 Å². The number of hydrogen-bond donors (Lipinski definition) is 3. The largest absolute Gasteiger partial charge is 0.388 e. The minimum absolute atomic E-state index is 0.130. The van der Waals surface area contributed by atoms with Crippen molar-refractivity contribution in [2.45, 2.75) is 56.6 Å². The van der Waals surface area contributed by atoms with Gasteiger partial charge >= 0.3 is 6.03 Å². The summed E-state index contributed by atoms with van der Waals surface area (Å²) in [6.07, 6.45) is 8.04. The molecule has 26 heavy (non-hydrogen) atoms. The van der Waals surface area contributed by atoms with Crippen molar-refractivity contribution in [1.82, 2.24) is 15.6 Å². The normalized spacial score (nSPS) is 20.2. The Hall–Kier alpha value is -2.33. The molecule has 2 amide bonds. The number of rotatable bonds is 4. The van der Waals surface area contributed by atoms with Gasteiger partial charge in [-0.25, -0.2) is 9.78 Å². The third kappa shape index (κ3) is 4.85. The molecule has 3 rings (SSSR count). The number of carbonyl (C=O) groups is 1. The highest BCUT2D eigenvalue weighted by atomic mass is 16.3. The summed E-state index contributed by atoms with van der Waals surface area (Å²) in [7, 11) is 0. The topological polar surface area (TPSA) is 101 Å². The Morgan fingerprint density at radius 1 is 1.31 bits per heavy atom. The van der Waals surface area contributed by atoms with E-state index < -0.39 is 5.60 Å². The number of pyridine rings is 1. The van der Waals surface area contributed by atoms with Crippen LogP contribution in [0.25, 0.3) is 0 Å². The maximum Gasteiger partial charge on any atom is 0.315 e. The van der Waals surface area contributed by atoms with Gasteiger partial charge in [0.2, 0.25) is 0 Å². The number of nitriles is 1. The molecule has 1 aliphatic heterocycles. The molecule has 0 unspecified atom stereocenters. The Bertz CT molecular complexity index is 641. The van der Waals surface area contributed by atoms with Crippen LogP contribution in [0.4, 0.5) is 10.6 Å². The fourth-order valence-electron chi connectivity index (χ4n) is 3.76. The molecule has 2 aliphatic rings. The van der Waals surface area contributed by atoms with Crippen molar-refractivity contribution in [3.63, 3.8) is 0 Å². The van der Waals surface area contributed by atoms with Crippen LogP contribution >= 0.6 is 0 Å². The first-order chi connectivity index (χ1) is 12.6. The number of piperidine rings is 1. The maximum absolute atomic E-state index is 12.1. The Morgan fingerprint density at radius 2 is 2.04 bits per heavy atom. The summed E-state index contributed by atoms with van der Waals surface area (Å²) in [6.45, 7) is 1.95. The number of hydrogen-bond acceptors (Lipinski definition) is 5. The van der Waals surface area contributed by atoms with Gasteiger partial charge in [-0.15, -0.1) is 0 Å². The fraction of sp³-hybridized carbons (Fsp3) is 0.632. The highest BCUT2D eigenvalue weighted by Crippen LogP contribution is 2.27. The first-order valence-corrected chi connectivity index (χ1v) is 9.46. The van der Waals surface area contributed by atoms with Crippen molar-refractivity contribution in [2.24, 2.45) is 0 Å². The van der Waals surface area contributed by atoms with Gasteiger partial charge < -0.3 is 20.6 Å². The molecule has 0 bridgehead atoms. The number of nitrogens with zero attached hydrogens (tertiary/aromatic N) is 3. The molecular weight excluding hydrogens is 330 g/mol. The van der Waals surface area contributed by atoms with E-state index in [2.05, 4.69) is 26.6 Å². The third-order valence-corrected chi connectivity index (χ3v) is 5.39. The van der Waals surface area contributed by atoms with Crippen LogP contribution < -0.4 is 15.5 Å². The van der Waals surface area contributed by atoms with Crippen molar-refractivity contribution >= 4 is 11.8 Å². The van der Waals surface area contributed by atoms with Crippen molar-refractivity contribution in [3.05, 3.63) is 23.9 Å². The molecule has 1 saturated heterocycles. The smallest absolute Gasteiger partial charge is 0.315 e. The number of amides is 2. The molecule has 0 atom stereocenters. The van der Waals surface area contributed by atoms with Crippen LogP contribution in [0.2, 0.25) is 0 Å². The summed E-state index contributed by atoms with van der Waals surface area (Å²) in [5.41, 5.74) is -0.179. The minimum Gasteiger partial charge on any atom is -0.388 e. The second-order valence-corrected chi connectivity index (χ2v) is 7.39. The molecule has 0 aromatic carbocycles. The van der Waals surface area contributed by atoms with E-state index in [0.29, 0.717) is 12.1 Å². The Balaban J connectivity index is 1.40. The van der Waals surface area contributed by atoms with E-state index in [1.54, 1.807) is 12.3 Å². The molecule has 1 aliphatic carbocycles. The van der Waals surface area contributed by atoms with Crippen molar-refractivity contribution < 1.29 is 9.90 Å². The molecule has 1 aromatic heterocycles. The Morgan fingerprint density at radius 3 is 2.65 bits per heavy atom. The summed E-state index contributed by atoms with van der Waals surface area (Å²) in [6, 6.07) is 5.64. The number of aromatic nitrogens is 1. The van der Waals surface area contributed by atoms with E-state index >= 15 is 0 Å². The summed E-state index contributed by atoms with van der Waals surface area (Å²) in [5.74, 6) is 0.867. The SMILES string of the molecule is N#Cc1ccc(N2CCC(NC(=O)NCC3(O)CCCCC3)CC2)nc1. The summed E-state index contributed by atoms with van der Waals surface area (Å²) >= 11 is 0. The third-order valence-electron chi connectivity index (χ3n) is 5.39. The number of urea groups is 1. The molecule has 7 nitrogen and oxygen atoms in total. The van der Waals surface area contributed by atoms with Crippen LogP contribution in [-0.2, 0) is 0 Å². The summed E-state index contributed by atoms with van der Waals surface area (Å²) in [4.78, 5) is 18.6. The van der Waals surface area contributed by atoms with E-state index in [1.165, 1.54) is 6.42 Å². The molecule has 2 fully saturated rings. The molecule has 140 valence electrons. The summed E-state index contributed by atoms with van der Waals surface area (Å²) in [5, 5.41) is 25.1. The average molecular weight is 357 g/mol.